The number of nitrogens with one attached hydrogen (secondary N) is 2. The molecule has 214 valence electrons. The van der Waals surface area contributed by atoms with E-state index >= 15 is 0 Å². The highest BCUT2D eigenvalue weighted by Gasteiger charge is 2.29. The van der Waals surface area contributed by atoms with Crippen LogP contribution >= 0.6 is 0 Å². The number of carbonyl (C=O) groups is 4. The molecular formula is C31H34N4O6. The van der Waals surface area contributed by atoms with E-state index in [-0.39, 0.29) is 37.4 Å². The number of carbonyl (C=O) groups excluding carboxylic acids is 4. The number of benzene rings is 3. The highest BCUT2D eigenvalue weighted by molar-refractivity contribution is 6.00. The summed E-state index contributed by atoms with van der Waals surface area (Å²) in [6, 6.07) is 22.6. The van der Waals surface area contributed by atoms with Crippen molar-refractivity contribution in [1.29, 1.82) is 0 Å². The van der Waals surface area contributed by atoms with Gasteiger partial charge in [-0.15, -0.1) is 0 Å². The van der Waals surface area contributed by atoms with Crippen molar-refractivity contribution in [3.63, 3.8) is 0 Å². The second kappa shape index (κ2) is 14.0. The fourth-order valence-corrected chi connectivity index (χ4v) is 4.15. The molecule has 10 heteroatoms. The zero-order chi connectivity index (χ0) is 29.2. The smallest absolute Gasteiger partial charge is 0.319 e. The standard InChI is InChI=1S/C31H34N4O6/c1-34(25-11-4-3-5-12-25)29(37)21-41-27-14-7-6-13-26(27)35(20-22-15-16-22)28(36)19-32-31(39)33-24-10-8-9-23(17-24)18-30(38)40-2/h3-14,17,22H,15-16,18-21H2,1-2H3,(H2,32,33,39). The molecule has 0 atom stereocenters. The van der Waals surface area contributed by atoms with Gasteiger partial charge in [0.25, 0.3) is 5.91 Å². The van der Waals surface area contributed by atoms with Crippen LogP contribution in [0, 0.1) is 5.92 Å². The molecule has 3 aromatic rings. The third kappa shape index (κ3) is 8.56. The van der Waals surface area contributed by atoms with Gasteiger partial charge in [-0.3, -0.25) is 14.4 Å². The molecule has 0 saturated heterocycles. The highest BCUT2D eigenvalue weighted by Crippen LogP contribution is 2.35. The van der Waals surface area contributed by atoms with Crippen LogP contribution in [0.4, 0.5) is 21.9 Å². The molecule has 0 spiro atoms. The summed E-state index contributed by atoms with van der Waals surface area (Å²) in [7, 11) is 3.00. The van der Waals surface area contributed by atoms with E-state index in [0.29, 0.717) is 35.2 Å². The normalized spacial score (nSPS) is 12.1. The summed E-state index contributed by atoms with van der Waals surface area (Å²) < 4.78 is 10.6. The molecule has 0 aromatic heterocycles. The summed E-state index contributed by atoms with van der Waals surface area (Å²) >= 11 is 0. The van der Waals surface area contributed by atoms with Crippen molar-refractivity contribution in [2.75, 3.05) is 49.0 Å². The third-order valence-electron chi connectivity index (χ3n) is 6.62. The molecule has 4 rings (SSSR count). The Morgan fingerprint density at radius 3 is 2.37 bits per heavy atom. The molecule has 0 heterocycles. The summed E-state index contributed by atoms with van der Waals surface area (Å²) in [5, 5.41) is 5.30. The van der Waals surface area contributed by atoms with E-state index in [4.69, 9.17) is 4.74 Å². The first-order chi connectivity index (χ1) is 19.8. The van der Waals surface area contributed by atoms with Crippen LogP contribution in [0.3, 0.4) is 0 Å². The molecule has 3 aromatic carbocycles. The predicted molar refractivity (Wildman–Crippen MR) is 156 cm³/mol. The maximum Gasteiger partial charge on any atom is 0.319 e. The lowest BCUT2D eigenvalue weighted by atomic mass is 10.1. The van der Waals surface area contributed by atoms with Crippen molar-refractivity contribution in [2.24, 2.45) is 5.92 Å². The minimum atomic E-state index is -0.556. The second-order valence-corrected chi connectivity index (χ2v) is 9.75. The van der Waals surface area contributed by atoms with Gasteiger partial charge in [-0.2, -0.15) is 0 Å². The first kappa shape index (κ1) is 29.1. The lowest BCUT2D eigenvalue weighted by Crippen LogP contribution is -2.42. The number of hydrogen-bond acceptors (Lipinski definition) is 6. The van der Waals surface area contributed by atoms with E-state index in [0.717, 1.165) is 18.5 Å². The van der Waals surface area contributed by atoms with Crippen molar-refractivity contribution >= 4 is 40.9 Å². The number of nitrogens with zero attached hydrogens (tertiary/aromatic N) is 2. The van der Waals surface area contributed by atoms with Crippen LogP contribution in [0.2, 0.25) is 0 Å². The zero-order valence-electron chi connectivity index (χ0n) is 23.2. The first-order valence-corrected chi connectivity index (χ1v) is 13.4. The molecule has 0 radical (unpaired) electrons. The quantitative estimate of drug-likeness (QED) is 0.325. The van der Waals surface area contributed by atoms with Gasteiger partial charge in [0.15, 0.2) is 6.61 Å². The van der Waals surface area contributed by atoms with Crippen LogP contribution < -0.4 is 25.2 Å². The van der Waals surface area contributed by atoms with Crippen LogP contribution in [0.5, 0.6) is 5.75 Å². The zero-order valence-corrected chi connectivity index (χ0v) is 23.2. The molecular weight excluding hydrogens is 524 g/mol. The number of hydrogen-bond donors (Lipinski definition) is 2. The number of likely N-dealkylation sites (N-methyl/N-ethyl adjacent to an activating group) is 1. The van der Waals surface area contributed by atoms with Gasteiger partial charge in [-0.25, -0.2) is 4.79 Å². The Morgan fingerprint density at radius 2 is 1.63 bits per heavy atom. The molecule has 0 unspecified atom stereocenters. The monoisotopic (exact) mass is 558 g/mol. The molecule has 2 N–H and O–H groups in total. The van der Waals surface area contributed by atoms with Gasteiger partial charge in [0.05, 0.1) is 25.8 Å². The van der Waals surface area contributed by atoms with E-state index < -0.39 is 6.03 Å². The Bertz CT molecular complexity index is 1380. The van der Waals surface area contributed by atoms with Crippen molar-refractivity contribution in [3.8, 4) is 5.75 Å². The largest absolute Gasteiger partial charge is 0.482 e. The topological polar surface area (TPSA) is 117 Å². The van der Waals surface area contributed by atoms with E-state index in [2.05, 4.69) is 15.4 Å². The molecule has 1 saturated carbocycles. The van der Waals surface area contributed by atoms with Gasteiger partial charge in [-0.1, -0.05) is 42.5 Å². The van der Waals surface area contributed by atoms with Gasteiger partial charge in [0.2, 0.25) is 5.91 Å². The van der Waals surface area contributed by atoms with Crippen LogP contribution in [0.15, 0.2) is 78.9 Å². The highest BCUT2D eigenvalue weighted by atomic mass is 16.5. The molecule has 1 fully saturated rings. The summed E-state index contributed by atoms with van der Waals surface area (Å²) in [5.74, 6) is -0.160. The van der Waals surface area contributed by atoms with E-state index in [1.807, 2.05) is 30.3 Å². The second-order valence-electron chi connectivity index (χ2n) is 9.75. The number of methoxy groups -OCH3 is 1. The minimum absolute atomic E-state index is 0.0812. The number of rotatable bonds is 12. The Balaban J connectivity index is 1.38. The lowest BCUT2D eigenvalue weighted by molar-refractivity contribution is -0.139. The first-order valence-electron chi connectivity index (χ1n) is 13.4. The number of para-hydroxylation sites is 3. The fraction of sp³-hybridized carbons (Fsp3) is 0.290. The van der Waals surface area contributed by atoms with Gasteiger partial charge >= 0.3 is 12.0 Å². The molecule has 0 bridgehead atoms. The van der Waals surface area contributed by atoms with E-state index in [1.54, 1.807) is 60.5 Å². The van der Waals surface area contributed by atoms with Crippen LogP contribution in [-0.4, -0.2) is 57.7 Å². The fourth-order valence-electron chi connectivity index (χ4n) is 4.15. The molecule has 1 aliphatic rings. The van der Waals surface area contributed by atoms with E-state index in [9.17, 15) is 19.2 Å². The van der Waals surface area contributed by atoms with Gasteiger partial charge in [0.1, 0.15) is 5.75 Å². The Labute approximate surface area is 239 Å². The van der Waals surface area contributed by atoms with Crippen molar-refractivity contribution in [3.05, 3.63) is 84.4 Å². The maximum atomic E-state index is 13.4. The third-order valence-corrected chi connectivity index (χ3v) is 6.62. The SMILES string of the molecule is COC(=O)Cc1cccc(NC(=O)NCC(=O)N(CC2CC2)c2ccccc2OCC(=O)N(C)c2ccccc2)c1. The number of anilines is 3. The summed E-state index contributed by atoms with van der Waals surface area (Å²) in [6.07, 6.45) is 2.11. The van der Waals surface area contributed by atoms with E-state index in [1.165, 1.54) is 12.0 Å². The molecule has 1 aliphatic carbocycles. The van der Waals surface area contributed by atoms with Crippen molar-refractivity contribution < 1.29 is 28.7 Å². The predicted octanol–water partition coefficient (Wildman–Crippen LogP) is 4.01. The number of urea groups is 1. The summed E-state index contributed by atoms with van der Waals surface area (Å²) in [4.78, 5) is 53.4. The maximum absolute atomic E-state index is 13.4. The molecule has 4 amide bonds. The summed E-state index contributed by atoms with van der Waals surface area (Å²) in [6.45, 7) is 0.0317. The average Bonchev–Trinajstić information content (AvgIpc) is 3.82. The lowest BCUT2D eigenvalue weighted by Gasteiger charge is -2.26. The van der Waals surface area contributed by atoms with Crippen LogP contribution in [-0.2, 0) is 25.5 Å². The molecule has 10 nitrogen and oxygen atoms in total. The number of esters is 1. The van der Waals surface area contributed by atoms with Crippen molar-refractivity contribution in [2.45, 2.75) is 19.3 Å². The number of amides is 4. The van der Waals surface area contributed by atoms with Crippen molar-refractivity contribution in [1.82, 2.24) is 5.32 Å². The van der Waals surface area contributed by atoms with Gasteiger partial charge in [-0.05, 0) is 60.7 Å². The number of ether oxygens (including phenoxy) is 2. The summed E-state index contributed by atoms with van der Waals surface area (Å²) in [5.41, 5.74) is 2.46. The minimum Gasteiger partial charge on any atom is -0.482 e. The van der Waals surface area contributed by atoms with Crippen LogP contribution in [0.25, 0.3) is 0 Å². The molecule has 41 heavy (non-hydrogen) atoms. The van der Waals surface area contributed by atoms with Crippen LogP contribution in [0.1, 0.15) is 18.4 Å². The van der Waals surface area contributed by atoms with Gasteiger partial charge in [0, 0.05) is 25.0 Å². The van der Waals surface area contributed by atoms with Gasteiger partial charge < -0.3 is 29.9 Å². The average molecular weight is 559 g/mol. The Hall–Kier alpha value is -4.86. The Kier molecular flexibility index (Phi) is 9.93. The molecule has 0 aliphatic heterocycles. The Morgan fingerprint density at radius 1 is 0.902 bits per heavy atom.